The Balaban J connectivity index is 1.70. The van der Waals surface area contributed by atoms with Gasteiger partial charge in [-0.2, -0.15) is 0 Å². The number of fused-ring (bicyclic) bond motifs is 1. The predicted octanol–water partition coefficient (Wildman–Crippen LogP) is 4.85. The normalized spacial score (nSPS) is 15.8. The van der Waals surface area contributed by atoms with Crippen LogP contribution in [0.25, 0.3) is 0 Å². The van der Waals surface area contributed by atoms with Gasteiger partial charge in [0.05, 0.1) is 0 Å². The van der Waals surface area contributed by atoms with Crippen molar-refractivity contribution in [3.05, 3.63) is 29.3 Å². The fourth-order valence-corrected chi connectivity index (χ4v) is 3.07. The summed E-state index contributed by atoms with van der Waals surface area (Å²) in [5.41, 5.74) is 2.63. The number of ether oxygens (including phenoxy) is 1. The highest BCUT2D eigenvalue weighted by atomic mass is 16.5. The average molecular weight is 289 g/mol. The van der Waals surface area contributed by atoms with Gasteiger partial charge in [0.2, 0.25) is 0 Å². The summed E-state index contributed by atoms with van der Waals surface area (Å²) in [5, 5.41) is 3.57. The number of benzene rings is 1. The summed E-state index contributed by atoms with van der Waals surface area (Å²) in [5.74, 6) is 1.12. The summed E-state index contributed by atoms with van der Waals surface area (Å²) in [6.07, 6.45) is 9.14. The second-order valence-electron chi connectivity index (χ2n) is 6.89. The van der Waals surface area contributed by atoms with Gasteiger partial charge in [0.25, 0.3) is 0 Å². The molecule has 0 saturated heterocycles. The maximum atomic E-state index is 6.11. The average Bonchev–Trinajstić information content (AvgIpc) is 2.76. The highest BCUT2D eigenvalue weighted by Crippen LogP contribution is 2.37. The first-order valence-electron chi connectivity index (χ1n) is 8.63. The molecule has 0 saturated carbocycles. The summed E-state index contributed by atoms with van der Waals surface area (Å²) in [6, 6.07) is 6.54. The molecule has 0 bridgehead atoms. The van der Waals surface area contributed by atoms with E-state index in [1.165, 1.54) is 49.7 Å². The zero-order valence-corrected chi connectivity index (χ0v) is 14.0. The van der Waals surface area contributed by atoms with Gasteiger partial charge in [0.1, 0.15) is 11.4 Å². The van der Waals surface area contributed by atoms with Gasteiger partial charge in [-0.1, -0.05) is 57.2 Å². The molecule has 1 aromatic carbocycles. The Morgan fingerprint density at radius 3 is 2.67 bits per heavy atom. The van der Waals surface area contributed by atoms with Gasteiger partial charge in [0, 0.05) is 18.5 Å². The van der Waals surface area contributed by atoms with E-state index in [1.807, 2.05) is 0 Å². The molecule has 0 aliphatic carbocycles. The SMILES string of the molecule is CCCCCCCCNCc1cccc2c1OC(C)(C)C2. The lowest BCUT2D eigenvalue weighted by molar-refractivity contribution is 0.137. The summed E-state index contributed by atoms with van der Waals surface area (Å²) in [6.45, 7) is 8.64. The van der Waals surface area contributed by atoms with Crippen LogP contribution in [0.4, 0.5) is 0 Å². The third-order valence-corrected chi connectivity index (χ3v) is 4.20. The Kier molecular flexibility index (Phi) is 6.10. The van der Waals surface area contributed by atoms with Crippen molar-refractivity contribution in [1.82, 2.24) is 5.32 Å². The van der Waals surface area contributed by atoms with Gasteiger partial charge in [-0.25, -0.2) is 0 Å². The zero-order valence-electron chi connectivity index (χ0n) is 14.0. The molecule has 1 aliphatic rings. The highest BCUT2D eigenvalue weighted by Gasteiger charge is 2.31. The van der Waals surface area contributed by atoms with Crippen LogP contribution >= 0.6 is 0 Å². The van der Waals surface area contributed by atoms with Gasteiger partial charge < -0.3 is 10.1 Å². The second kappa shape index (κ2) is 7.84. The standard InChI is InChI=1S/C19H31NO/c1-4-5-6-7-8-9-13-20-15-17-12-10-11-16-14-19(2,3)21-18(16)17/h10-12,20H,4-9,13-15H2,1-3H3. The fraction of sp³-hybridized carbons (Fsp3) is 0.684. The van der Waals surface area contributed by atoms with Crippen LogP contribution < -0.4 is 10.1 Å². The predicted molar refractivity (Wildman–Crippen MR) is 89.9 cm³/mol. The Bertz CT molecular complexity index is 439. The molecule has 118 valence electrons. The van der Waals surface area contributed by atoms with Gasteiger partial charge in [-0.15, -0.1) is 0 Å². The number of hydrogen-bond acceptors (Lipinski definition) is 2. The first-order valence-corrected chi connectivity index (χ1v) is 8.63. The molecule has 0 fully saturated rings. The van der Waals surface area contributed by atoms with E-state index in [9.17, 15) is 0 Å². The summed E-state index contributed by atoms with van der Waals surface area (Å²) < 4.78 is 6.11. The molecule has 2 rings (SSSR count). The fourth-order valence-electron chi connectivity index (χ4n) is 3.07. The van der Waals surface area contributed by atoms with E-state index in [4.69, 9.17) is 4.74 Å². The molecular weight excluding hydrogens is 258 g/mol. The van der Waals surface area contributed by atoms with Crippen molar-refractivity contribution in [2.24, 2.45) is 0 Å². The number of para-hydroxylation sites is 1. The maximum Gasteiger partial charge on any atom is 0.127 e. The van der Waals surface area contributed by atoms with Crippen LogP contribution in [0.5, 0.6) is 5.75 Å². The molecular formula is C19H31NO. The topological polar surface area (TPSA) is 21.3 Å². The minimum Gasteiger partial charge on any atom is -0.487 e. The minimum absolute atomic E-state index is 0.0439. The van der Waals surface area contributed by atoms with Crippen LogP contribution in [0, 0.1) is 0 Å². The first-order chi connectivity index (χ1) is 10.1. The molecule has 1 N–H and O–H groups in total. The summed E-state index contributed by atoms with van der Waals surface area (Å²) in [4.78, 5) is 0. The number of nitrogens with one attached hydrogen (secondary N) is 1. The first kappa shape index (κ1) is 16.4. The smallest absolute Gasteiger partial charge is 0.127 e. The van der Waals surface area contributed by atoms with Crippen molar-refractivity contribution in [2.75, 3.05) is 6.54 Å². The second-order valence-corrected chi connectivity index (χ2v) is 6.89. The Morgan fingerprint density at radius 1 is 1.10 bits per heavy atom. The van der Waals surface area contributed by atoms with E-state index in [0.717, 1.165) is 25.3 Å². The maximum absolute atomic E-state index is 6.11. The number of hydrogen-bond donors (Lipinski definition) is 1. The lowest BCUT2D eigenvalue weighted by Gasteiger charge is -2.18. The van der Waals surface area contributed by atoms with Crippen molar-refractivity contribution in [1.29, 1.82) is 0 Å². The molecule has 0 atom stereocenters. The molecule has 0 unspecified atom stereocenters. The van der Waals surface area contributed by atoms with Crippen LogP contribution in [0.3, 0.4) is 0 Å². The molecule has 0 aromatic heterocycles. The monoisotopic (exact) mass is 289 g/mol. The third-order valence-electron chi connectivity index (χ3n) is 4.20. The van der Waals surface area contributed by atoms with Crippen LogP contribution in [0.1, 0.15) is 70.4 Å². The minimum atomic E-state index is -0.0439. The van der Waals surface area contributed by atoms with Crippen molar-refractivity contribution in [3.8, 4) is 5.75 Å². The van der Waals surface area contributed by atoms with E-state index in [-0.39, 0.29) is 5.60 Å². The molecule has 2 nitrogen and oxygen atoms in total. The lowest BCUT2D eigenvalue weighted by atomic mass is 10.0. The van der Waals surface area contributed by atoms with Crippen molar-refractivity contribution < 1.29 is 4.74 Å². The Hall–Kier alpha value is -1.02. The van der Waals surface area contributed by atoms with Crippen LogP contribution in [0.2, 0.25) is 0 Å². The summed E-state index contributed by atoms with van der Waals surface area (Å²) >= 11 is 0. The van der Waals surface area contributed by atoms with Gasteiger partial charge in [0.15, 0.2) is 0 Å². The van der Waals surface area contributed by atoms with Gasteiger partial charge >= 0.3 is 0 Å². The molecule has 1 aromatic rings. The van der Waals surface area contributed by atoms with E-state index in [2.05, 4.69) is 44.3 Å². The van der Waals surface area contributed by atoms with E-state index in [0.29, 0.717) is 0 Å². The van der Waals surface area contributed by atoms with Crippen molar-refractivity contribution >= 4 is 0 Å². The van der Waals surface area contributed by atoms with Gasteiger partial charge in [-0.05, 0) is 32.4 Å². The molecule has 0 radical (unpaired) electrons. The number of unbranched alkanes of at least 4 members (excludes halogenated alkanes) is 5. The van der Waals surface area contributed by atoms with E-state index < -0.39 is 0 Å². The number of rotatable bonds is 9. The highest BCUT2D eigenvalue weighted by molar-refractivity contribution is 5.45. The Morgan fingerprint density at radius 2 is 1.86 bits per heavy atom. The van der Waals surface area contributed by atoms with Crippen molar-refractivity contribution in [3.63, 3.8) is 0 Å². The van der Waals surface area contributed by atoms with Crippen LogP contribution in [0.15, 0.2) is 18.2 Å². The third kappa shape index (κ3) is 5.03. The van der Waals surface area contributed by atoms with E-state index >= 15 is 0 Å². The quantitative estimate of drug-likeness (QED) is 0.656. The van der Waals surface area contributed by atoms with Crippen LogP contribution in [-0.4, -0.2) is 12.1 Å². The zero-order chi connectivity index (χ0) is 15.1. The molecule has 0 spiro atoms. The Labute approximate surface area is 130 Å². The molecule has 0 amide bonds. The van der Waals surface area contributed by atoms with Crippen molar-refractivity contribution in [2.45, 2.75) is 77.9 Å². The van der Waals surface area contributed by atoms with E-state index in [1.54, 1.807) is 0 Å². The summed E-state index contributed by atoms with van der Waals surface area (Å²) in [7, 11) is 0. The molecule has 1 heterocycles. The molecule has 1 aliphatic heterocycles. The molecule has 21 heavy (non-hydrogen) atoms. The van der Waals surface area contributed by atoms with Crippen LogP contribution in [-0.2, 0) is 13.0 Å². The lowest BCUT2D eigenvalue weighted by Crippen LogP contribution is -2.25. The largest absolute Gasteiger partial charge is 0.487 e. The molecule has 2 heteroatoms. The van der Waals surface area contributed by atoms with Gasteiger partial charge in [-0.3, -0.25) is 0 Å².